The molecule has 0 aliphatic rings. The molecule has 0 unspecified atom stereocenters. The number of hydrogen-bond donors (Lipinski definition) is 0. The van der Waals surface area contributed by atoms with Crippen LogP contribution in [0, 0.1) is 0 Å². The van der Waals surface area contributed by atoms with Crippen LogP contribution < -0.4 is 0 Å². The second-order valence-corrected chi connectivity index (χ2v) is 19.8. The maximum atomic E-state index is 5.70. The summed E-state index contributed by atoms with van der Waals surface area (Å²) in [5, 5.41) is 0. The monoisotopic (exact) mass is 376 g/mol. The molecule has 0 aromatic carbocycles. The molecule has 0 radical (unpaired) electrons. The number of rotatable bonds is 13. The van der Waals surface area contributed by atoms with Crippen molar-refractivity contribution >= 4 is 18.4 Å². The molecular weight excluding hydrogens is 339 g/mol. The van der Waals surface area contributed by atoms with Gasteiger partial charge in [0.15, 0.2) is 0 Å². The normalized spacial score (nSPS) is 11.6. The summed E-state index contributed by atoms with van der Waals surface area (Å²) in [6, 6.07) is 0. The van der Waals surface area contributed by atoms with Gasteiger partial charge in [-0.3, -0.25) is 0 Å². The Kier molecular flexibility index (Phi) is 12.3. The zero-order chi connectivity index (χ0) is 14.6. The van der Waals surface area contributed by atoms with E-state index in [9.17, 15) is 0 Å². The fourth-order valence-electron chi connectivity index (χ4n) is 2.97. The van der Waals surface area contributed by atoms with Gasteiger partial charge in [0.1, 0.15) is 0 Å². The third-order valence-electron chi connectivity index (χ3n) is 4.10. The van der Waals surface area contributed by atoms with Crippen molar-refractivity contribution in [2.24, 2.45) is 0 Å². The Bertz CT molecular complexity index is 204. The molecule has 0 aromatic rings. The molecule has 0 fully saturated rings. The Morgan fingerprint density at radius 1 is 0.842 bits per heavy atom. The van der Waals surface area contributed by atoms with Crippen molar-refractivity contribution < 1.29 is 4.74 Å². The molecule has 0 saturated carbocycles. The third kappa shape index (κ3) is 8.99. The summed E-state index contributed by atoms with van der Waals surface area (Å²) >= 11 is -2.02. The van der Waals surface area contributed by atoms with E-state index in [4.69, 9.17) is 4.74 Å². The first-order chi connectivity index (χ1) is 9.14. The molecule has 0 heterocycles. The average Bonchev–Trinajstić information content (AvgIpc) is 2.40. The molecule has 0 saturated heterocycles. The van der Waals surface area contributed by atoms with Gasteiger partial charge < -0.3 is 0 Å². The molecule has 114 valence electrons. The molecule has 19 heavy (non-hydrogen) atoms. The molecule has 0 rings (SSSR count). The third-order valence-corrected chi connectivity index (χ3v) is 19.5. The van der Waals surface area contributed by atoms with Gasteiger partial charge in [-0.2, -0.15) is 0 Å². The Hall–Kier alpha value is 0.339. The summed E-state index contributed by atoms with van der Waals surface area (Å²) in [5.74, 6) is 1.10. The van der Waals surface area contributed by atoms with Crippen LogP contribution in [0.4, 0.5) is 0 Å². The molecule has 1 nitrogen and oxygen atoms in total. The van der Waals surface area contributed by atoms with Crippen molar-refractivity contribution in [1.82, 2.24) is 0 Å². The molecule has 0 amide bonds. The standard InChI is InChI=1S/C5H9O.3C4H9.Sn/c1-4-6-5(2)3;3*1-3-4-2;/h2-4H2,1H3;3*1,3-4H2,2H3;. The van der Waals surface area contributed by atoms with Crippen LogP contribution >= 0.6 is 0 Å². The minimum absolute atomic E-state index is 0.788. The topological polar surface area (TPSA) is 9.23 Å². The molecule has 0 aromatic heterocycles. The van der Waals surface area contributed by atoms with E-state index in [-0.39, 0.29) is 0 Å². The van der Waals surface area contributed by atoms with Gasteiger partial charge in [-0.1, -0.05) is 0 Å². The Morgan fingerprint density at radius 2 is 1.26 bits per heavy atom. The van der Waals surface area contributed by atoms with Crippen LogP contribution in [-0.4, -0.2) is 25.0 Å². The van der Waals surface area contributed by atoms with E-state index in [1.54, 1.807) is 13.3 Å². The first-order valence-corrected chi connectivity index (χ1v) is 16.5. The van der Waals surface area contributed by atoms with E-state index in [1.165, 1.54) is 43.0 Å². The Labute approximate surface area is 126 Å². The van der Waals surface area contributed by atoms with Crippen LogP contribution in [0.5, 0.6) is 0 Å². The summed E-state index contributed by atoms with van der Waals surface area (Å²) in [7, 11) is 0. The second-order valence-electron chi connectivity index (χ2n) is 5.96. The molecule has 0 atom stereocenters. The van der Waals surface area contributed by atoms with E-state index in [1.807, 2.05) is 0 Å². The first kappa shape index (κ1) is 19.3. The van der Waals surface area contributed by atoms with Gasteiger partial charge in [0.05, 0.1) is 0 Å². The van der Waals surface area contributed by atoms with Crippen molar-refractivity contribution in [2.45, 2.75) is 84.0 Å². The molecule has 0 spiro atoms. The number of hydrogen-bond acceptors (Lipinski definition) is 1. The van der Waals surface area contributed by atoms with Crippen LogP contribution in [0.2, 0.25) is 17.7 Å². The molecule has 2 heteroatoms. The molecular formula is C17H36OSn. The number of unbranched alkanes of at least 4 members (excludes halogenated alkanes) is 3. The number of ether oxygens (including phenoxy) is 1. The molecule has 0 N–H and O–H groups in total. The summed E-state index contributed by atoms with van der Waals surface area (Å²) in [4.78, 5) is 0. The SMILES string of the molecule is C=C([CH2][Sn]([CH2]CCC)([CH2]CCC)[CH2]CCC)OCC. The summed E-state index contributed by atoms with van der Waals surface area (Å²) in [6.45, 7) is 14.0. The zero-order valence-electron chi connectivity index (χ0n) is 13.9. The van der Waals surface area contributed by atoms with E-state index < -0.39 is 18.4 Å². The second kappa shape index (κ2) is 12.1. The van der Waals surface area contributed by atoms with Gasteiger partial charge >= 0.3 is 126 Å². The Morgan fingerprint density at radius 3 is 1.58 bits per heavy atom. The van der Waals surface area contributed by atoms with Gasteiger partial charge in [-0.15, -0.1) is 0 Å². The van der Waals surface area contributed by atoms with Crippen molar-refractivity contribution in [3.8, 4) is 0 Å². The van der Waals surface area contributed by atoms with Crippen molar-refractivity contribution in [1.29, 1.82) is 0 Å². The van der Waals surface area contributed by atoms with Crippen molar-refractivity contribution in [3.63, 3.8) is 0 Å². The van der Waals surface area contributed by atoms with Gasteiger partial charge in [-0.05, 0) is 0 Å². The minimum atomic E-state index is -2.02. The van der Waals surface area contributed by atoms with Gasteiger partial charge in [-0.25, -0.2) is 0 Å². The number of allylic oxidation sites excluding steroid dienone is 1. The molecule has 0 aliphatic heterocycles. The van der Waals surface area contributed by atoms with Crippen LogP contribution in [-0.2, 0) is 4.74 Å². The first-order valence-electron chi connectivity index (χ1n) is 8.44. The summed E-state index contributed by atoms with van der Waals surface area (Å²) < 4.78 is 11.6. The summed E-state index contributed by atoms with van der Waals surface area (Å²) in [6.07, 6.45) is 8.34. The van der Waals surface area contributed by atoms with Gasteiger partial charge in [0, 0.05) is 0 Å². The van der Waals surface area contributed by atoms with Crippen molar-refractivity contribution in [2.75, 3.05) is 6.61 Å². The van der Waals surface area contributed by atoms with E-state index in [0.29, 0.717) is 0 Å². The van der Waals surface area contributed by atoms with Gasteiger partial charge in [0.25, 0.3) is 0 Å². The van der Waals surface area contributed by atoms with Crippen LogP contribution in [0.3, 0.4) is 0 Å². The van der Waals surface area contributed by atoms with Crippen molar-refractivity contribution in [3.05, 3.63) is 12.3 Å². The Balaban J connectivity index is 4.70. The maximum absolute atomic E-state index is 5.70. The van der Waals surface area contributed by atoms with Crippen LogP contribution in [0.1, 0.15) is 66.2 Å². The predicted octanol–water partition coefficient (Wildman–Crippen LogP) is 6.39. The fourth-order valence-corrected chi connectivity index (χ4v) is 18.8. The zero-order valence-corrected chi connectivity index (χ0v) is 16.7. The summed E-state index contributed by atoms with van der Waals surface area (Å²) in [5.41, 5.74) is 0. The fraction of sp³-hybridized carbons (Fsp3) is 0.882. The predicted molar refractivity (Wildman–Crippen MR) is 90.5 cm³/mol. The quantitative estimate of drug-likeness (QED) is 0.268. The van der Waals surface area contributed by atoms with Crippen LogP contribution in [0.25, 0.3) is 0 Å². The van der Waals surface area contributed by atoms with E-state index >= 15 is 0 Å². The van der Waals surface area contributed by atoms with Crippen LogP contribution in [0.15, 0.2) is 12.3 Å². The van der Waals surface area contributed by atoms with Gasteiger partial charge in [0.2, 0.25) is 0 Å². The molecule has 0 aliphatic carbocycles. The average molecular weight is 375 g/mol. The van der Waals surface area contributed by atoms with E-state index in [2.05, 4.69) is 34.3 Å². The molecule has 0 bridgehead atoms. The van der Waals surface area contributed by atoms with E-state index in [0.717, 1.165) is 12.4 Å².